The second-order valence-corrected chi connectivity index (χ2v) is 17.1. The Hall–Kier alpha value is -8.41. The Morgan fingerprint density at radius 2 is 0.954 bits per heavy atom. The van der Waals surface area contributed by atoms with Gasteiger partial charge in [-0.15, -0.1) is 0 Å². The third-order valence-corrected chi connectivity index (χ3v) is 13.5. The van der Waals surface area contributed by atoms with Crippen molar-refractivity contribution in [1.29, 1.82) is 0 Å². The number of hydrogen-bond donors (Lipinski definition) is 1. The Morgan fingerprint density at radius 1 is 0.400 bits per heavy atom. The fourth-order valence-corrected chi connectivity index (χ4v) is 10.6. The molecule has 3 aromatic heterocycles. The Morgan fingerprint density at radius 3 is 1.72 bits per heavy atom. The highest BCUT2D eigenvalue weighted by Gasteiger charge is 2.29. The molecular formula is C60H41N5. The van der Waals surface area contributed by atoms with Gasteiger partial charge in [0.05, 0.1) is 22.1 Å². The number of nitrogens with one attached hydrogen (secondary N) is 1. The van der Waals surface area contributed by atoms with Crippen LogP contribution in [0.15, 0.2) is 212 Å². The predicted octanol–water partition coefficient (Wildman–Crippen LogP) is 15.0. The Labute approximate surface area is 376 Å². The number of aryl methyl sites for hydroxylation is 1. The van der Waals surface area contributed by atoms with Gasteiger partial charge in [0.2, 0.25) is 0 Å². The minimum Gasteiger partial charge on any atom is -0.354 e. The fourth-order valence-electron chi connectivity index (χ4n) is 10.6. The summed E-state index contributed by atoms with van der Waals surface area (Å²) >= 11 is 0. The maximum Gasteiger partial charge on any atom is 0.164 e. The lowest BCUT2D eigenvalue weighted by atomic mass is 9.85. The van der Waals surface area contributed by atoms with E-state index >= 15 is 0 Å². The summed E-state index contributed by atoms with van der Waals surface area (Å²) in [5.74, 6) is 2.11. The van der Waals surface area contributed by atoms with Gasteiger partial charge in [0, 0.05) is 55.4 Å². The molecule has 0 radical (unpaired) electrons. The molecule has 12 aromatic rings. The van der Waals surface area contributed by atoms with Gasteiger partial charge in [-0.05, 0) is 70.5 Å². The van der Waals surface area contributed by atoms with E-state index in [1.165, 1.54) is 71.6 Å². The fraction of sp³-hybridized carbons (Fsp3) is 0.0500. The van der Waals surface area contributed by atoms with Crippen LogP contribution in [-0.4, -0.2) is 24.5 Å². The maximum absolute atomic E-state index is 5.05. The van der Waals surface area contributed by atoms with Gasteiger partial charge >= 0.3 is 0 Å². The second kappa shape index (κ2) is 15.1. The number of hydrogen-bond acceptors (Lipinski definition) is 3. The zero-order valence-electron chi connectivity index (χ0n) is 35.5. The van der Waals surface area contributed by atoms with E-state index in [0.29, 0.717) is 17.5 Å². The summed E-state index contributed by atoms with van der Waals surface area (Å²) in [5, 5.41) is 5.03. The van der Waals surface area contributed by atoms with Crippen molar-refractivity contribution in [2.24, 2.45) is 0 Å². The van der Waals surface area contributed by atoms with Crippen molar-refractivity contribution in [2.75, 3.05) is 0 Å². The van der Waals surface area contributed by atoms with Crippen LogP contribution in [0.3, 0.4) is 0 Å². The van der Waals surface area contributed by atoms with Gasteiger partial charge in [-0.3, -0.25) is 0 Å². The Balaban J connectivity index is 0.938. The highest BCUT2D eigenvalue weighted by atomic mass is 15.0. The number of rotatable bonds is 6. The summed E-state index contributed by atoms with van der Waals surface area (Å²) in [6, 6.07) is 76.0. The molecule has 1 N–H and O–H groups in total. The zero-order chi connectivity index (χ0) is 42.8. The van der Waals surface area contributed by atoms with Gasteiger partial charge < -0.3 is 9.55 Å². The maximum atomic E-state index is 5.05. The third-order valence-electron chi connectivity index (χ3n) is 13.5. The van der Waals surface area contributed by atoms with Gasteiger partial charge in [0.25, 0.3) is 0 Å². The average molecular weight is 832 g/mol. The molecule has 0 spiro atoms. The molecule has 1 atom stereocenters. The highest BCUT2D eigenvalue weighted by Crippen LogP contribution is 2.47. The highest BCUT2D eigenvalue weighted by molar-refractivity contribution is 6.14. The first-order valence-electron chi connectivity index (χ1n) is 22.5. The van der Waals surface area contributed by atoms with E-state index in [1.54, 1.807) is 0 Å². The normalized spacial score (nSPS) is 13.6. The van der Waals surface area contributed by atoms with Crippen molar-refractivity contribution >= 4 is 43.6 Å². The van der Waals surface area contributed by atoms with E-state index < -0.39 is 0 Å². The van der Waals surface area contributed by atoms with Gasteiger partial charge in [-0.1, -0.05) is 188 Å². The van der Waals surface area contributed by atoms with Crippen LogP contribution in [0.2, 0.25) is 0 Å². The largest absolute Gasteiger partial charge is 0.354 e. The minimum absolute atomic E-state index is 0.174. The van der Waals surface area contributed by atoms with Crippen LogP contribution in [0.25, 0.3) is 106 Å². The van der Waals surface area contributed by atoms with Crippen molar-refractivity contribution < 1.29 is 0 Å². The summed E-state index contributed by atoms with van der Waals surface area (Å²) in [7, 11) is 0. The third kappa shape index (κ3) is 6.11. The van der Waals surface area contributed by atoms with Crippen molar-refractivity contribution in [3.05, 3.63) is 229 Å². The van der Waals surface area contributed by atoms with E-state index in [0.717, 1.165) is 46.2 Å². The second-order valence-electron chi connectivity index (χ2n) is 17.1. The molecule has 306 valence electrons. The smallest absolute Gasteiger partial charge is 0.164 e. The molecule has 0 bridgehead atoms. The molecule has 0 saturated carbocycles. The van der Waals surface area contributed by atoms with Gasteiger partial charge in [0.1, 0.15) is 0 Å². The summed E-state index contributed by atoms with van der Waals surface area (Å²) in [6.45, 7) is 0. The van der Waals surface area contributed by atoms with Crippen LogP contribution in [0.1, 0.15) is 29.0 Å². The number of benzene rings is 9. The molecule has 0 aliphatic heterocycles. The molecule has 1 unspecified atom stereocenters. The quantitative estimate of drug-likeness (QED) is 0.182. The van der Waals surface area contributed by atoms with Crippen LogP contribution in [0, 0.1) is 0 Å². The van der Waals surface area contributed by atoms with Gasteiger partial charge in [-0.2, -0.15) is 0 Å². The molecule has 65 heavy (non-hydrogen) atoms. The van der Waals surface area contributed by atoms with Crippen LogP contribution in [0.4, 0.5) is 0 Å². The van der Waals surface area contributed by atoms with Gasteiger partial charge in [-0.25, -0.2) is 15.0 Å². The lowest BCUT2D eigenvalue weighted by molar-refractivity contribution is 0.731. The number of fused-ring (bicyclic) bond motifs is 10. The molecule has 3 heterocycles. The SMILES string of the molecule is c1ccc(-c2nc(-c3ccccc3)nc(-c3cccc(-c4cccc5c4[nH]c4c(C6CCc7c(ccc8c9ccccc9n(-c9ccccc9)c78)-c7ccccc76)cccc45)c3)n2)cc1. The molecule has 0 fully saturated rings. The molecule has 0 amide bonds. The van der Waals surface area contributed by atoms with Crippen molar-refractivity contribution in [2.45, 2.75) is 18.8 Å². The lowest BCUT2D eigenvalue weighted by Crippen LogP contribution is -2.03. The van der Waals surface area contributed by atoms with Crippen molar-refractivity contribution in [3.8, 4) is 62.1 Å². The molecule has 1 aliphatic rings. The number of aromatic nitrogens is 5. The van der Waals surface area contributed by atoms with Crippen LogP contribution < -0.4 is 0 Å². The van der Waals surface area contributed by atoms with Crippen LogP contribution in [0.5, 0.6) is 0 Å². The number of nitrogens with zero attached hydrogens (tertiary/aromatic N) is 4. The monoisotopic (exact) mass is 831 g/mol. The molecule has 1 aliphatic carbocycles. The first-order valence-corrected chi connectivity index (χ1v) is 22.5. The standard InChI is InChI=1S/C60H41N5/c1-4-17-38(18-5-1)58-62-59(39-19-6-2-7-20-39)64-60(63-58)41-22-14-21-40(37-41)43-28-15-30-50-51-31-16-29-49(56(51)61-55(43)50)46-33-35-52-47(45-26-11-10-25-44(45)46)34-36-53-48-27-12-13-32-54(48)65(57(52)53)42-23-8-3-9-24-42/h1-32,34,36-37,46,61H,33,35H2. The van der Waals surface area contributed by atoms with E-state index in [2.05, 4.69) is 161 Å². The van der Waals surface area contributed by atoms with E-state index in [-0.39, 0.29) is 5.92 Å². The first-order chi connectivity index (χ1) is 32.2. The molecular weight excluding hydrogens is 791 g/mol. The summed E-state index contributed by atoms with van der Waals surface area (Å²) in [5.41, 5.74) is 17.9. The number of aromatic amines is 1. The topological polar surface area (TPSA) is 59.4 Å². The first kappa shape index (κ1) is 37.2. The van der Waals surface area contributed by atoms with E-state index in [1.807, 2.05) is 60.7 Å². The zero-order valence-corrected chi connectivity index (χ0v) is 35.5. The number of H-pyrrole nitrogens is 1. The summed E-state index contributed by atoms with van der Waals surface area (Å²) in [4.78, 5) is 19.1. The Kier molecular flexibility index (Phi) is 8.66. The number of para-hydroxylation sites is 4. The minimum atomic E-state index is 0.174. The van der Waals surface area contributed by atoms with Crippen LogP contribution >= 0.6 is 0 Å². The van der Waals surface area contributed by atoms with Crippen molar-refractivity contribution in [1.82, 2.24) is 24.5 Å². The molecule has 13 rings (SSSR count). The predicted molar refractivity (Wildman–Crippen MR) is 267 cm³/mol. The van der Waals surface area contributed by atoms with E-state index in [4.69, 9.17) is 15.0 Å². The summed E-state index contributed by atoms with van der Waals surface area (Å²) in [6.07, 6.45) is 1.92. The summed E-state index contributed by atoms with van der Waals surface area (Å²) < 4.78 is 2.49. The van der Waals surface area contributed by atoms with Crippen molar-refractivity contribution in [3.63, 3.8) is 0 Å². The van der Waals surface area contributed by atoms with E-state index in [9.17, 15) is 0 Å². The molecule has 5 nitrogen and oxygen atoms in total. The average Bonchev–Trinajstić information content (AvgIpc) is 3.88. The Bertz CT molecular complexity index is 3720. The molecule has 9 aromatic carbocycles. The van der Waals surface area contributed by atoms with Gasteiger partial charge in [0.15, 0.2) is 17.5 Å². The molecule has 0 saturated heterocycles. The van der Waals surface area contributed by atoms with Crippen LogP contribution in [-0.2, 0) is 6.42 Å². The lowest BCUT2D eigenvalue weighted by Gasteiger charge is -2.19. The molecule has 5 heteroatoms.